The molecule has 1 aromatic heterocycles. The van der Waals surface area contributed by atoms with Gasteiger partial charge in [0.1, 0.15) is 5.75 Å². The number of esters is 1. The molecule has 0 amide bonds. The van der Waals surface area contributed by atoms with Gasteiger partial charge in [0, 0.05) is 5.56 Å². The van der Waals surface area contributed by atoms with E-state index in [1.165, 1.54) is 4.68 Å². The van der Waals surface area contributed by atoms with Crippen molar-refractivity contribution in [1.82, 2.24) is 20.2 Å². The third-order valence-corrected chi connectivity index (χ3v) is 3.99. The van der Waals surface area contributed by atoms with Gasteiger partial charge in [-0.2, -0.15) is 4.68 Å². The molecule has 29 heavy (non-hydrogen) atoms. The Labute approximate surface area is 167 Å². The Hall–Kier alpha value is -3.81. The first-order valence-corrected chi connectivity index (χ1v) is 9.03. The van der Waals surface area contributed by atoms with Crippen molar-refractivity contribution in [3.8, 4) is 5.75 Å². The molecule has 0 aliphatic heterocycles. The van der Waals surface area contributed by atoms with Gasteiger partial charge in [-0.15, -0.1) is 5.10 Å². The van der Waals surface area contributed by atoms with Gasteiger partial charge in [0.15, 0.2) is 23.9 Å². The van der Waals surface area contributed by atoms with E-state index in [1.54, 1.807) is 37.3 Å². The van der Waals surface area contributed by atoms with Crippen LogP contribution in [0.25, 0.3) is 11.8 Å². The number of nitrogens with zero attached hydrogens (tertiary/aromatic N) is 4. The number of ether oxygens (including phenoxy) is 2. The zero-order valence-electron chi connectivity index (χ0n) is 16.1. The fourth-order valence-corrected chi connectivity index (χ4v) is 2.56. The van der Waals surface area contributed by atoms with E-state index in [1.807, 2.05) is 37.3 Å². The van der Waals surface area contributed by atoms with Crippen LogP contribution in [0.3, 0.4) is 0 Å². The van der Waals surface area contributed by atoms with Crippen LogP contribution in [0.2, 0.25) is 0 Å². The molecule has 0 aliphatic carbocycles. The zero-order chi connectivity index (χ0) is 20.6. The van der Waals surface area contributed by atoms with Gasteiger partial charge in [-0.1, -0.05) is 30.3 Å². The molecule has 148 valence electrons. The minimum absolute atomic E-state index is 0.109. The van der Waals surface area contributed by atoms with Gasteiger partial charge in [-0.3, -0.25) is 4.79 Å². The Kier molecular flexibility index (Phi) is 6.47. The lowest BCUT2D eigenvalue weighted by molar-refractivity contribution is -0.136. The minimum Gasteiger partial charge on any atom is -0.494 e. The molecule has 0 atom stereocenters. The molecule has 2 aromatic carbocycles. The lowest BCUT2D eigenvalue weighted by Crippen LogP contribution is -2.19. The van der Waals surface area contributed by atoms with E-state index in [4.69, 9.17) is 9.47 Å². The Balaban J connectivity index is 1.74. The van der Waals surface area contributed by atoms with Crippen molar-refractivity contribution in [3.05, 3.63) is 71.5 Å². The molecule has 0 saturated carbocycles. The van der Waals surface area contributed by atoms with E-state index in [0.29, 0.717) is 23.7 Å². The number of rotatable bonds is 8. The molecule has 3 aromatic rings. The number of tetrazole rings is 1. The normalized spacial score (nSPS) is 11.2. The summed E-state index contributed by atoms with van der Waals surface area (Å²) in [4.78, 5) is 25.1. The zero-order valence-corrected chi connectivity index (χ0v) is 16.1. The average Bonchev–Trinajstić information content (AvgIpc) is 3.17. The largest absolute Gasteiger partial charge is 0.494 e. The topological polar surface area (TPSA) is 96.2 Å². The van der Waals surface area contributed by atoms with Crippen molar-refractivity contribution >= 4 is 23.5 Å². The number of hydrogen-bond acceptors (Lipinski definition) is 7. The fourth-order valence-electron chi connectivity index (χ4n) is 2.56. The van der Waals surface area contributed by atoms with Crippen LogP contribution >= 0.6 is 0 Å². The summed E-state index contributed by atoms with van der Waals surface area (Å²) in [5, 5.41) is 11.2. The summed E-state index contributed by atoms with van der Waals surface area (Å²) in [6.07, 6.45) is 1.60. The van der Waals surface area contributed by atoms with Crippen molar-refractivity contribution < 1.29 is 19.1 Å². The molecule has 0 fully saturated rings. The molecule has 0 aliphatic rings. The summed E-state index contributed by atoms with van der Waals surface area (Å²) >= 11 is 0. The maximum Gasteiger partial charge on any atom is 0.357 e. The molecule has 1 heterocycles. The van der Waals surface area contributed by atoms with Crippen LogP contribution < -0.4 is 4.74 Å². The number of hydrogen-bond donors (Lipinski definition) is 0. The first-order valence-electron chi connectivity index (χ1n) is 9.03. The molecule has 0 unspecified atom stereocenters. The van der Waals surface area contributed by atoms with E-state index >= 15 is 0 Å². The summed E-state index contributed by atoms with van der Waals surface area (Å²) in [6.45, 7) is 3.68. The second-order valence-corrected chi connectivity index (χ2v) is 6.03. The van der Waals surface area contributed by atoms with Crippen LogP contribution in [0.1, 0.15) is 28.7 Å². The van der Waals surface area contributed by atoms with E-state index in [0.717, 1.165) is 5.56 Å². The number of benzene rings is 2. The van der Waals surface area contributed by atoms with Crippen LogP contribution in [-0.4, -0.2) is 45.2 Å². The predicted molar refractivity (Wildman–Crippen MR) is 106 cm³/mol. The summed E-state index contributed by atoms with van der Waals surface area (Å²) < 4.78 is 11.9. The average molecular weight is 392 g/mol. The second kappa shape index (κ2) is 9.41. The number of Topliss-reactive ketones (excluding diaryl/α,β-unsaturated/α-hetero) is 1. The SMILES string of the molecule is CCOc1ccc(C(=O)COC(=O)/C(=C/c2ccccc2)n2nnnc2C)cc1. The number of aromatic nitrogens is 4. The van der Waals surface area contributed by atoms with E-state index in [9.17, 15) is 9.59 Å². The van der Waals surface area contributed by atoms with E-state index in [2.05, 4.69) is 15.5 Å². The van der Waals surface area contributed by atoms with Crippen molar-refractivity contribution in [1.29, 1.82) is 0 Å². The maximum absolute atomic E-state index is 12.7. The Morgan fingerprint density at radius 2 is 1.79 bits per heavy atom. The molecule has 8 heteroatoms. The minimum atomic E-state index is -0.705. The Morgan fingerprint density at radius 3 is 2.41 bits per heavy atom. The van der Waals surface area contributed by atoms with E-state index < -0.39 is 12.6 Å². The standard InChI is InChI=1S/C21H20N4O4/c1-3-28-18-11-9-17(10-12-18)20(26)14-29-21(27)19(25-15(2)22-23-24-25)13-16-7-5-4-6-8-16/h4-13H,3,14H2,1-2H3/b19-13-. The lowest BCUT2D eigenvalue weighted by atomic mass is 10.1. The highest BCUT2D eigenvalue weighted by molar-refractivity contribution is 6.16. The van der Waals surface area contributed by atoms with E-state index in [-0.39, 0.29) is 11.5 Å². The summed E-state index contributed by atoms with van der Waals surface area (Å²) in [7, 11) is 0. The maximum atomic E-state index is 12.7. The number of carbonyl (C=O) groups is 2. The summed E-state index contributed by atoms with van der Waals surface area (Å²) in [6, 6.07) is 15.9. The number of carbonyl (C=O) groups excluding carboxylic acids is 2. The number of aryl methyl sites for hydroxylation is 1. The van der Waals surface area contributed by atoms with Crippen molar-refractivity contribution in [2.75, 3.05) is 13.2 Å². The highest BCUT2D eigenvalue weighted by Gasteiger charge is 2.19. The van der Waals surface area contributed by atoms with Gasteiger partial charge in [-0.25, -0.2) is 4.79 Å². The second-order valence-electron chi connectivity index (χ2n) is 6.03. The smallest absolute Gasteiger partial charge is 0.357 e. The first-order chi connectivity index (χ1) is 14.1. The van der Waals surface area contributed by atoms with Crippen LogP contribution in [-0.2, 0) is 9.53 Å². The highest BCUT2D eigenvalue weighted by Crippen LogP contribution is 2.15. The Bertz CT molecular complexity index is 1010. The predicted octanol–water partition coefficient (Wildman–Crippen LogP) is 2.80. The molecule has 8 nitrogen and oxygen atoms in total. The molecular formula is C21H20N4O4. The van der Waals surface area contributed by atoms with Crippen molar-refractivity contribution in [2.45, 2.75) is 13.8 Å². The monoisotopic (exact) mass is 392 g/mol. The first kappa shape index (κ1) is 19.9. The molecule has 0 bridgehead atoms. The molecule has 3 rings (SSSR count). The highest BCUT2D eigenvalue weighted by atomic mass is 16.5. The van der Waals surface area contributed by atoms with Crippen LogP contribution in [0, 0.1) is 6.92 Å². The van der Waals surface area contributed by atoms with Gasteiger partial charge >= 0.3 is 5.97 Å². The number of ketones is 1. The van der Waals surface area contributed by atoms with Crippen molar-refractivity contribution in [2.24, 2.45) is 0 Å². The van der Waals surface area contributed by atoms with Gasteiger partial charge in [-0.05, 0) is 60.2 Å². The fraction of sp³-hybridized carbons (Fsp3) is 0.190. The molecular weight excluding hydrogens is 372 g/mol. The molecule has 0 spiro atoms. The lowest BCUT2D eigenvalue weighted by Gasteiger charge is -2.09. The van der Waals surface area contributed by atoms with Gasteiger partial charge in [0.25, 0.3) is 0 Å². The van der Waals surface area contributed by atoms with Crippen molar-refractivity contribution in [3.63, 3.8) is 0 Å². The van der Waals surface area contributed by atoms with Gasteiger partial charge < -0.3 is 9.47 Å². The van der Waals surface area contributed by atoms with Crippen LogP contribution in [0.4, 0.5) is 0 Å². The van der Waals surface area contributed by atoms with Gasteiger partial charge in [0.05, 0.1) is 6.61 Å². The molecule has 0 N–H and O–H groups in total. The molecule has 0 radical (unpaired) electrons. The van der Waals surface area contributed by atoms with Crippen LogP contribution in [0.15, 0.2) is 54.6 Å². The quantitative estimate of drug-likeness (QED) is 0.330. The summed E-state index contributed by atoms with van der Waals surface area (Å²) in [5.41, 5.74) is 1.30. The Morgan fingerprint density at radius 1 is 1.07 bits per heavy atom. The third-order valence-electron chi connectivity index (χ3n) is 3.99. The molecule has 0 saturated heterocycles. The van der Waals surface area contributed by atoms with Crippen LogP contribution in [0.5, 0.6) is 5.75 Å². The summed E-state index contributed by atoms with van der Waals surface area (Å²) in [5.74, 6) is 0.0580. The van der Waals surface area contributed by atoms with Gasteiger partial charge in [0.2, 0.25) is 0 Å². The third kappa shape index (κ3) is 5.13.